The SMILES string of the molecule is CCCNCCNC(=O)CCSc1ccc(Cl)cc1. The van der Waals surface area contributed by atoms with E-state index in [-0.39, 0.29) is 5.91 Å². The van der Waals surface area contributed by atoms with Gasteiger partial charge in [-0.1, -0.05) is 18.5 Å². The quantitative estimate of drug-likeness (QED) is 0.544. The first kappa shape index (κ1) is 16.3. The van der Waals surface area contributed by atoms with Gasteiger partial charge in [0, 0.05) is 35.2 Å². The molecule has 0 atom stereocenters. The zero-order valence-electron chi connectivity index (χ0n) is 11.2. The second-order valence-electron chi connectivity index (χ2n) is 4.15. The molecule has 0 aliphatic carbocycles. The van der Waals surface area contributed by atoms with Crippen LogP contribution in [0.3, 0.4) is 0 Å². The third-order valence-electron chi connectivity index (χ3n) is 2.46. The van der Waals surface area contributed by atoms with Crippen molar-refractivity contribution in [2.75, 3.05) is 25.4 Å². The van der Waals surface area contributed by atoms with Crippen LogP contribution in [0, 0.1) is 0 Å². The summed E-state index contributed by atoms with van der Waals surface area (Å²) in [4.78, 5) is 12.7. The van der Waals surface area contributed by atoms with Crippen molar-refractivity contribution >= 4 is 29.3 Å². The smallest absolute Gasteiger partial charge is 0.220 e. The van der Waals surface area contributed by atoms with E-state index in [2.05, 4.69) is 17.6 Å². The Bertz CT molecular complexity index is 370. The Morgan fingerprint density at radius 1 is 1.21 bits per heavy atom. The highest BCUT2D eigenvalue weighted by atomic mass is 35.5. The summed E-state index contributed by atoms with van der Waals surface area (Å²) >= 11 is 7.48. The Kier molecular flexibility index (Phi) is 8.71. The lowest BCUT2D eigenvalue weighted by Gasteiger charge is -2.06. The molecule has 1 aromatic carbocycles. The van der Waals surface area contributed by atoms with Crippen LogP contribution in [-0.2, 0) is 4.79 Å². The minimum absolute atomic E-state index is 0.111. The summed E-state index contributed by atoms with van der Waals surface area (Å²) in [5, 5.41) is 6.88. The molecule has 2 N–H and O–H groups in total. The highest BCUT2D eigenvalue weighted by Gasteiger charge is 2.01. The van der Waals surface area contributed by atoms with Crippen molar-refractivity contribution in [1.82, 2.24) is 10.6 Å². The largest absolute Gasteiger partial charge is 0.355 e. The van der Waals surface area contributed by atoms with Crippen LogP contribution in [0.5, 0.6) is 0 Å². The molecule has 106 valence electrons. The maximum Gasteiger partial charge on any atom is 0.220 e. The molecule has 19 heavy (non-hydrogen) atoms. The number of halogens is 1. The lowest BCUT2D eigenvalue weighted by atomic mass is 10.4. The van der Waals surface area contributed by atoms with Gasteiger partial charge in [0.05, 0.1) is 0 Å². The molecule has 0 spiro atoms. The van der Waals surface area contributed by atoms with Gasteiger partial charge in [-0.2, -0.15) is 0 Å². The van der Waals surface area contributed by atoms with E-state index in [0.717, 1.165) is 35.2 Å². The van der Waals surface area contributed by atoms with Gasteiger partial charge in [-0.3, -0.25) is 4.79 Å². The van der Waals surface area contributed by atoms with E-state index in [1.54, 1.807) is 11.8 Å². The lowest BCUT2D eigenvalue weighted by Crippen LogP contribution is -2.32. The Labute approximate surface area is 124 Å². The maximum absolute atomic E-state index is 11.5. The number of nitrogens with one attached hydrogen (secondary N) is 2. The Balaban J connectivity index is 2.05. The van der Waals surface area contributed by atoms with E-state index in [0.29, 0.717) is 13.0 Å². The molecule has 0 aromatic heterocycles. The van der Waals surface area contributed by atoms with Crippen LogP contribution in [0.4, 0.5) is 0 Å². The molecule has 0 saturated heterocycles. The summed E-state index contributed by atoms with van der Waals surface area (Å²) in [6, 6.07) is 7.67. The summed E-state index contributed by atoms with van der Waals surface area (Å²) in [7, 11) is 0. The van der Waals surface area contributed by atoms with Crippen molar-refractivity contribution in [3.63, 3.8) is 0 Å². The zero-order valence-corrected chi connectivity index (χ0v) is 12.8. The topological polar surface area (TPSA) is 41.1 Å². The second-order valence-corrected chi connectivity index (χ2v) is 5.76. The Hall–Kier alpha value is -0.710. The van der Waals surface area contributed by atoms with Crippen molar-refractivity contribution in [1.29, 1.82) is 0 Å². The third-order valence-corrected chi connectivity index (χ3v) is 3.73. The van der Waals surface area contributed by atoms with Gasteiger partial charge in [-0.25, -0.2) is 0 Å². The molecule has 0 radical (unpaired) electrons. The van der Waals surface area contributed by atoms with Gasteiger partial charge in [-0.05, 0) is 37.2 Å². The van der Waals surface area contributed by atoms with Crippen LogP contribution in [0.2, 0.25) is 5.02 Å². The Morgan fingerprint density at radius 2 is 1.95 bits per heavy atom. The predicted octanol–water partition coefficient (Wildman–Crippen LogP) is 2.94. The standard InChI is InChI=1S/C14H21ClN2OS/c1-2-8-16-9-10-17-14(18)7-11-19-13-5-3-12(15)4-6-13/h3-6,16H,2,7-11H2,1H3,(H,17,18). The summed E-state index contributed by atoms with van der Waals surface area (Å²) < 4.78 is 0. The molecule has 1 aromatic rings. The van der Waals surface area contributed by atoms with Crippen molar-refractivity contribution in [2.24, 2.45) is 0 Å². The molecule has 0 aliphatic rings. The fourth-order valence-corrected chi connectivity index (χ4v) is 2.45. The summed E-state index contributed by atoms with van der Waals surface area (Å²) in [5.74, 6) is 0.898. The van der Waals surface area contributed by atoms with Gasteiger partial charge in [0.1, 0.15) is 0 Å². The van der Waals surface area contributed by atoms with Gasteiger partial charge in [0.15, 0.2) is 0 Å². The number of thioether (sulfide) groups is 1. The van der Waals surface area contributed by atoms with Gasteiger partial charge >= 0.3 is 0 Å². The molecule has 3 nitrogen and oxygen atoms in total. The number of hydrogen-bond donors (Lipinski definition) is 2. The minimum atomic E-state index is 0.111. The van der Waals surface area contributed by atoms with Crippen LogP contribution < -0.4 is 10.6 Å². The predicted molar refractivity (Wildman–Crippen MR) is 83.0 cm³/mol. The van der Waals surface area contributed by atoms with Gasteiger partial charge < -0.3 is 10.6 Å². The fraction of sp³-hybridized carbons (Fsp3) is 0.500. The first-order valence-corrected chi connectivity index (χ1v) is 7.94. The van der Waals surface area contributed by atoms with Crippen LogP contribution in [-0.4, -0.2) is 31.3 Å². The molecular weight excluding hydrogens is 280 g/mol. The first-order chi connectivity index (χ1) is 9.22. The molecule has 5 heteroatoms. The average molecular weight is 301 g/mol. The number of carbonyl (C=O) groups is 1. The molecule has 0 heterocycles. The molecule has 0 bridgehead atoms. The van der Waals surface area contributed by atoms with E-state index >= 15 is 0 Å². The van der Waals surface area contributed by atoms with Gasteiger partial charge in [0.25, 0.3) is 0 Å². The summed E-state index contributed by atoms with van der Waals surface area (Å²) in [6.45, 7) is 4.66. The third kappa shape index (κ3) is 8.14. The maximum atomic E-state index is 11.5. The molecular formula is C14H21ClN2OS. The molecule has 0 aliphatic heterocycles. The summed E-state index contributed by atoms with van der Waals surface area (Å²) in [6.07, 6.45) is 1.66. The van der Waals surface area contributed by atoms with E-state index in [9.17, 15) is 4.79 Å². The van der Waals surface area contributed by atoms with E-state index < -0.39 is 0 Å². The number of carbonyl (C=O) groups excluding carboxylic acids is 1. The second kappa shape index (κ2) is 10.1. The zero-order chi connectivity index (χ0) is 13.9. The molecule has 1 amide bonds. The van der Waals surface area contributed by atoms with Crippen molar-refractivity contribution in [2.45, 2.75) is 24.7 Å². The van der Waals surface area contributed by atoms with Crippen LogP contribution in [0.25, 0.3) is 0 Å². The fourth-order valence-electron chi connectivity index (χ4n) is 1.47. The van der Waals surface area contributed by atoms with Crippen molar-refractivity contribution in [3.8, 4) is 0 Å². The lowest BCUT2D eigenvalue weighted by molar-refractivity contribution is -0.120. The number of benzene rings is 1. The van der Waals surface area contributed by atoms with E-state index in [1.165, 1.54) is 0 Å². The van der Waals surface area contributed by atoms with Gasteiger partial charge in [0.2, 0.25) is 5.91 Å². The van der Waals surface area contributed by atoms with Crippen molar-refractivity contribution in [3.05, 3.63) is 29.3 Å². The monoisotopic (exact) mass is 300 g/mol. The van der Waals surface area contributed by atoms with Crippen molar-refractivity contribution < 1.29 is 4.79 Å². The first-order valence-electron chi connectivity index (χ1n) is 6.58. The molecule has 0 fully saturated rings. The van der Waals surface area contributed by atoms with E-state index in [4.69, 9.17) is 11.6 Å². The van der Waals surface area contributed by atoms with Crippen LogP contribution >= 0.6 is 23.4 Å². The average Bonchev–Trinajstić information content (AvgIpc) is 2.41. The van der Waals surface area contributed by atoms with Crippen LogP contribution in [0.15, 0.2) is 29.2 Å². The number of amides is 1. The minimum Gasteiger partial charge on any atom is -0.355 e. The number of hydrogen-bond acceptors (Lipinski definition) is 3. The molecule has 0 saturated carbocycles. The highest BCUT2D eigenvalue weighted by Crippen LogP contribution is 2.20. The normalized spacial score (nSPS) is 10.4. The van der Waals surface area contributed by atoms with Crippen LogP contribution in [0.1, 0.15) is 19.8 Å². The molecule has 0 unspecified atom stereocenters. The summed E-state index contributed by atoms with van der Waals surface area (Å²) in [5.41, 5.74) is 0. The number of rotatable bonds is 9. The van der Waals surface area contributed by atoms with E-state index in [1.807, 2.05) is 24.3 Å². The Morgan fingerprint density at radius 3 is 2.63 bits per heavy atom. The van der Waals surface area contributed by atoms with Gasteiger partial charge in [-0.15, -0.1) is 11.8 Å². The highest BCUT2D eigenvalue weighted by molar-refractivity contribution is 7.99. The molecule has 1 rings (SSSR count).